The van der Waals surface area contributed by atoms with Crippen molar-refractivity contribution >= 4 is 16.7 Å². The fourth-order valence-electron chi connectivity index (χ4n) is 5.77. The monoisotopic (exact) mass is 519 g/mol. The number of hydrogen-bond donors (Lipinski definition) is 0. The van der Waals surface area contributed by atoms with E-state index < -0.39 is 0 Å². The van der Waals surface area contributed by atoms with E-state index in [1.807, 2.05) is 50.0 Å². The molecule has 4 aromatic heterocycles. The molecule has 1 atom stereocenters. The van der Waals surface area contributed by atoms with Gasteiger partial charge in [0, 0.05) is 42.8 Å². The summed E-state index contributed by atoms with van der Waals surface area (Å²) in [7, 11) is 4.19. The van der Waals surface area contributed by atoms with Gasteiger partial charge in [-0.3, -0.25) is 4.40 Å². The molecule has 0 spiro atoms. The summed E-state index contributed by atoms with van der Waals surface area (Å²) in [4.78, 5) is 16.6. The molecule has 5 aromatic rings. The average molecular weight is 520 g/mol. The number of aromatic nitrogens is 5. The number of benzene rings is 1. The lowest BCUT2D eigenvalue weighted by molar-refractivity contribution is 0.151. The van der Waals surface area contributed by atoms with Crippen molar-refractivity contribution in [1.29, 1.82) is 5.26 Å². The zero-order valence-corrected chi connectivity index (χ0v) is 22.9. The topological polar surface area (TPSA) is 84.3 Å². The number of fused-ring (bicyclic) bond motifs is 2. The van der Waals surface area contributed by atoms with Gasteiger partial charge in [-0.05, 0) is 56.3 Å². The molecule has 39 heavy (non-hydrogen) atoms. The van der Waals surface area contributed by atoms with Crippen LogP contribution in [0.4, 0.5) is 0 Å². The SMILES string of the molecule is CC(C)c1nc2cc(-c3c(-c4ccc(C#N)cc4)cc(OCC4CCCN(C)C4)c4cncn34)cnc2n1C. The number of aryl methyl sites for hydroxylation is 1. The van der Waals surface area contributed by atoms with Crippen molar-refractivity contribution in [2.45, 2.75) is 32.6 Å². The number of ether oxygens (including phenoxy) is 1. The smallest absolute Gasteiger partial charge is 0.159 e. The highest BCUT2D eigenvalue weighted by molar-refractivity contribution is 5.88. The molecule has 8 nitrogen and oxygen atoms in total. The van der Waals surface area contributed by atoms with Crippen molar-refractivity contribution in [2.75, 3.05) is 26.7 Å². The van der Waals surface area contributed by atoms with Crippen molar-refractivity contribution in [1.82, 2.24) is 28.8 Å². The van der Waals surface area contributed by atoms with Crippen LogP contribution in [0.5, 0.6) is 5.75 Å². The van der Waals surface area contributed by atoms with E-state index in [9.17, 15) is 5.26 Å². The van der Waals surface area contributed by atoms with Gasteiger partial charge in [-0.15, -0.1) is 0 Å². The van der Waals surface area contributed by atoms with Crippen LogP contribution in [-0.2, 0) is 7.05 Å². The van der Waals surface area contributed by atoms with Crippen molar-refractivity contribution in [3.05, 3.63) is 66.5 Å². The Bertz CT molecular complexity index is 1690. The minimum Gasteiger partial charge on any atom is -0.491 e. The van der Waals surface area contributed by atoms with Crippen LogP contribution in [0, 0.1) is 17.2 Å². The van der Waals surface area contributed by atoms with E-state index in [2.05, 4.69) is 57.9 Å². The molecule has 1 saturated heterocycles. The standard InChI is InChI=1S/C31H33N7O/c1-20(2)30-35-26-12-24(15-34-31(26)37(30)4)29-25(23-9-7-21(14-32)8-10-23)13-28(27-16-33-19-38(27)29)39-18-22-6-5-11-36(3)17-22/h7-10,12-13,15-16,19-20,22H,5-6,11,17-18H2,1-4H3. The summed E-state index contributed by atoms with van der Waals surface area (Å²) in [5.74, 6) is 2.60. The second-order valence-electron chi connectivity index (χ2n) is 10.9. The number of rotatable bonds is 6. The number of nitrogens with zero attached hydrogens (tertiary/aromatic N) is 7. The van der Waals surface area contributed by atoms with Gasteiger partial charge < -0.3 is 14.2 Å². The second-order valence-corrected chi connectivity index (χ2v) is 10.9. The van der Waals surface area contributed by atoms with Gasteiger partial charge in [-0.2, -0.15) is 5.26 Å². The molecule has 0 saturated carbocycles. The molecule has 0 aliphatic carbocycles. The first kappa shape index (κ1) is 25.1. The van der Waals surface area contributed by atoms with Gasteiger partial charge in [0.05, 0.1) is 36.5 Å². The number of nitriles is 1. The van der Waals surface area contributed by atoms with E-state index in [1.165, 1.54) is 12.8 Å². The Morgan fingerprint density at radius 1 is 1.10 bits per heavy atom. The Morgan fingerprint density at radius 3 is 2.67 bits per heavy atom. The number of hydrogen-bond acceptors (Lipinski definition) is 6. The van der Waals surface area contributed by atoms with Gasteiger partial charge in [-0.25, -0.2) is 15.0 Å². The first-order valence-corrected chi connectivity index (χ1v) is 13.6. The molecule has 1 aliphatic rings. The minimum atomic E-state index is 0.294. The molecule has 0 bridgehead atoms. The van der Waals surface area contributed by atoms with Crippen molar-refractivity contribution in [2.24, 2.45) is 13.0 Å². The number of pyridine rings is 2. The van der Waals surface area contributed by atoms with Crippen LogP contribution >= 0.6 is 0 Å². The molecule has 1 aromatic carbocycles. The van der Waals surface area contributed by atoms with Crippen molar-refractivity contribution < 1.29 is 4.74 Å². The van der Waals surface area contributed by atoms with E-state index >= 15 is 0 Å². The zero-order valence-electron chi connectivity index (χ0n) is 22.9. The third-order valence-corrected chi connectivity index (χ3v) is 7.72. The number of imidazole rings is 2. The Labute approximate surface area is 228 Å². The second kappa shape index (κ2) is 10.2. The molecular formula is C31H33N7O. The van der Waals surface area contributed by atoms with Crippen molar-refractivity contribution in [3.63, 3.8) is 0 Å². The Balaban J connectivity index is 1.50. The summed E-state index contributed by atoms with van der Waals surface area (Å²) in [6.45, 7) is 7.14. The largest absolute Gasteiger partial charge is 0.491 e. The normalized spacial score (nSPS) is 16.3. The Kier molecular flexibility index (Phi) is 6.53. The predicted molar refractivity (Wildman–Crippen MR) is 153 cm³/mol. The van der Waals surface area contributed by atoms with Crippen LogP contribution in [0.3, 0.4) is 0 Å². The average Bonchev–Trinajstić information content (AvgIpc) is 3.56. The highest BCUT2D eigenvalue weighted by Crippen LogP contribution is 2.38. The summed E-state index contributed by atoms with van der Waals surface area (Å²) in [6.07, 6.45) is 7.98. The first-order chi connectivity index (χ1) is 18.9. The fourth-order valence-corrected chi connectivity index (χ4v) is 5.77. The fraction of sp³-hybridized carbons (Fsp3) is 0.355. The van der Waals surface area contributed by atoms with Crippen LogP contribution in [0.2, 0.25) is 0 Å². The van der Waals surface area contributed by atoms with Crippen LogP contribution in [0.15, 0.2) is 55.1 Å². The Hall–Kier alpha value is -4.22. The summed E-state index contributed by atoms with van der Waals surface area (Å²) in [5.41, 5.74) is 7.14. The van der Waals surface area contributed by atoms with Gasteiger partial charge in [0.2, 0.25) is 0 Å². The molecule has 1 fully saturated rings. The van der Waals surface area contributed by atoms with Gasteiger partial charge in [0.15, 0.2) is 5.65 Å². The first-order valence-electron chi connectivity index (χ1n) is 13.6. The quantitative estimate of drug-likeness (QED) is 0.288. The van der Waals surface area contributed by atoms with Gasteiger partial charge >= 0.3 is 0 Å². The summed E-state index contributed by atoms with van der Waals surface area (Å²) < 4.78 is 10.7. The zero-order chi connectivity index (χ0) is 27.1. The maximum absolute atomic E-state index is 9.36. The van der Waals surface area contributed by atoms with Crippen LogP contribution in [0.1, 0.15) is 44.0 Å². The van der Waals surface area contributed by atoms with E-state index in [1.54, 1.807) is 0 Å². The van der Waals surface area contributed by atoms with Crippen LogP contribution in [-0.4, -0.2) is 55.6 Å². The van der Waals surface area contributed by atoms with Crippen molar-refractivity contribution in [3.8, 4) is 34.2 Å². The number of piperidine rings is 1. The summed E-state index contributed by atoms with van der Waals surface area (Å²) in [6, 6.07) is 14.1. The molecule has 0 N–H and O–H groups in total. The van der Waals surface area contributed by atoms with Crippen LogP contribution in [0.25, 0.3) is 39.1 Å². The molecule has 8 heteroatoms. The molecule has 0 radical (unpaired) electrons. The lowest BCUT2D eigenvalue weighted by Gasteiger charge is -2.29. The van der Waals surface area contributed by atoms with Crippen LogP contribution < -0.4 is 4.74 Å². The lowest BCUT2D eigenvalue weighted by Crippen LogP contribution is -2.34. The third-order valence-electron chi connectivity index (χ3n) is 7.72. The maximum atomic E-state index is 9.36. The number of likely N-dealkylation sites (tertiary alicyclic amines) is 1. The highest BCUT2D eigenvalue weighted by Gasteiger charge is 2.22. The lowest BCUT2D eigenvalue weighted by atomic mass is 9.98. The molecule has 198 valence electrons. The summed E-state index contributed by atoms with van der Waals surface area (Å²) in [5, 5.41) is 9.36. The highest BCUT2D eigenvalue weighted by atomic mass is 16.5. The predicted octanol–water partition coefficient (Wildman–Crippen LogP) is 5.67. The third kappa shape index (κ3) is 4.64. The van der Waals surface area contributed by atoms with Gasteiger partial charge in [-0.1, -0.05) is 26.0 Å². The maximum Gasteiger partial charge on any atom is 0.159 e. The van der Waals surface area contributed by atoms with Gasteiger partial charge in [0.25, 0.3) is 0 Å². The Morgan fingerprint density at radius 2 is 1.92 bits per heavy atom. The minimum absolute atomic E-state index is 0.294. The molecule has 1 unspecified atom stereocenters. The van der Waals surface area contributed by atoms with E-state index in [0.717, 1.165) is 63.7 Å². The molecule has 6 rings (SSSR count). The summed E-state index contributed by atoms with van der Waals surface area (Å²) >= 11 is 0. The van der Waals surface area contributed by atoms with E-state index in [-0.39, 0.29) is 0 Å². The molecule has 1 aliphatic heterocycles. The van der Waals surface area contributed by atoms with Gasteiger partial charge in [0.1, 0.15) is 22.6 Å². The molecule has 0 amide bonds. The molecule has 5 heterocycles. The van der Waals surface area contributed by atoms with E-state index in [0.29, 0.717) is 24.0 Å². The molecular weight excluding hydrogens is 486 g/mol. The van der Waals surface area contributed by atoms with E-state index in [4.69, 9.17) is 14.7 Å².